The number of likely N-dealkylation sites (tertiary alicyclic amines) is 1. The molecule has 6 aromatic rings. The van der Waals surface area contributed by atoms with Gasteiger partial charge in [-0.15, -0.1) is 0 Å². The van der Waals surface area contributed by atoms with Gasteiger partial charge in [0.1, 0.15) is 5.75 Å². The van der Waals surface area contributed by atoms with E-state index in [9.17, 15) is 14.4 Å². The maximum atomic E-state index is 12.8. The smallest absolute Gasteiger partial charge is 0.409 e. The van der Waals surface area contributed by atoms with E-state index in [1.165, 1.54) is 5.56 Å². The molecule has 1 aliphatic rings. The molecular formula is C34H30N6O4. The lowest BCUT2D eigenvalue weighted by molar-refractivity contribution is 0.180. The summed E-state index contributed by atoms with van der Waals surface area (Å²) in [5.41, 5.74) is 11.8. The van der Waals surface area contributed by atoms with Crippen molar-refractivity contribution in [2.24, 2.45) is 5.73 Å². The van der Waals surface area contributed by atoms with E-state index in [-0.39, 0.29) is 17.3 Å². The highest BCUT2D eigenvalue weighted by Gasteiger charge is 2.24. The third-order valence-electron chi connectivity index (χ3n) is 8.30. The maximum Gasteiger partial charge on any atom is 0.409 e. The number of H-pyrrole nitrogens is 2. The van der Waals surface area contributed by atoms with E-state index in [0.29, 0.717) is 27.7 Å². The topological polar surface area (TPSA) is 139 Å². The van der Waals surface area contributed by atoms with E-state index in [1.807, 2.05) is 42.5 Å². The fourth-order valence-corrected chi connectivity index (χ4v) is 6.17. The molecule has 0 spiro atoms. The number of rotatable bonds is 6. The third kappa shape index (κ3) is 5.27. The standard InChI is InChI=1S/C34H30N6O4/c35-33(42)44-25-10-11-29-30(18-25)40(34(43)38-29)24-13-16-39(17-14-24)20-21-6-8-23(9-7-21)31-26(22-4-2-1-3-5-22)19-27-28(37-31)12-15-36-32(27)41/h1-12,15,18-19,24H,13-14,16-17,20H2,(H2,35,42)(H,36,41)(H,38,43). The van der Waals surface area contributed by atoms with E-state index >= 15 is 0 Å². The van der Waals surface area contributed by atoms with Crippen molar-refractivity contribution in [3.8, 4) is 28.1 Å². The van der Waals surface area contributed by atoms with Crippen LogP contribution >= 0.6 is 0 Å². The fourth-order valence-electron chi connectivity index (χ4n) is 6.17. The van der Waals surface area contributed by atoms with Gasteiger partial charge in [0.05, 0.1) is 27.6 Å². The Morgan fingerprint density at radius 2 is 1.70 bits per heavy atom. The molecule has 0 aliphatic carbocycles. The molecule has 0 atom stereocenters. The number of carbonyl (C=O) groups excluding carboxylic acids is 1. The van der Waals surface area contributed by atoms with Crippen molar-refractivity contribution < 1.29 is 9.53 Å². The van der Waals surface area contributed by atoms with Gasteiger partial charge in [0.2, 0.25) is 0 Å². The first-order valence-electron chi connectivity index (χ1n) is 14.5. The summed E-state index contributed by atoms with van der Waals surface area (Å²) < 4.78 is 6.80. The van der Waals surface area contributed by atoms with Crippen LogP contribution < -0.4 is 21.7 Å². The Morgan fingerprint density at radius 1 is 0.932 bits per heavy atom. The Balaban J connectivity index is 1.09. The minimum atomic E-state index is -0.892. The van der Waals surface area contributed by atoms with E-state index in [4.69, 9.17) is 15.5 Å². The number of carbonyl (C=O) groups is 1. The van der Waals surface area contributed by atoms with Crippen LogP contribution in [0.2, 0.25) is 0 Å². The Bertz CT molecular complexity index is 2110. The molecule has 220 valence electrons. The van der Waals surface area contributed by atoms with Gasteiger partial charge in [-0.25, -0.2) is 14.6 Å². The summed E-state index contributed by atoms with van der Waals surface area (Å²) >= 11 is 0. The van der Waals surface area contributed by atoms with Crippen LogP contribution in [-0.4, -0.2) is 43.6 Å². The van der Waals surface area contributed by atoms with E-state index in [1.54, 1.807) is 29.0 Å². The molecule has 44 heavy (non-hydrogen) atoms. The molecule has 4 heterocycles. The highest BCUT2D eigenvalue weighted by atomic mass is 16.5. The van der Waals surface area contributed by atoms with Crippen LogP contribution in [0.1, 0.15) is 24.4 Å². The number of nitrogens with zero attached hydrogens (tertiary/aromatic N) is 3. The summed E-state index contributed by atoms with van der Waals surface area (Å²) in [7, 11) is 0. The molecule has 3 aromatic carbocycles. The lowest BCUT2D eigenvalue weighted by Gasteiger charge is -2.32. The van der Waals surface area contributed by atoms with Crippen molar-refractivity contribution in [2.75, 3.05) is 13.1 Å². The first-order chi connectivity index (χ1) is 21.4. The molecule has 0 radical (unpaired) electrons. The average molecular weight is 587 g/mol. The van der Waals surface area contributed by atoms with Gasteiger partial charge in [-0.3, -0.25) is 14.3 Å². The second-order valence-electron chi connectivity index (χ2n) is 11.1. The van der Waals surface area contributed by atoms with E-state index < -0.39 is 6.09 Å². The Hall–Kier alpha value is -5.48. The zero-order chi connectivity index (χ0) is 30.2. The number of piperidine rings is 1. The molecular weight excluding hydrogens is 556 g/mol. The number of hydrogen-bond donors (Lipinski definition) is 3. The Kier molecular flexibility index (Phi) is 7.03. The van der Waals surface area contributed by atoms with Crippen molar-refractivity contribution in [3.63, 3.8) is 0 Å². The molecule has 7 rings (SSSR count). The van der Waals surface area contributed by atoms with Crippen LogP contribution in [0.25, 0.3) is 44.3 Å². The lowest BCUT2D eigenvalue weighted by Crippen LogP contribution is -2.36. The molecule has 1 saturated heterocycles. The number of amides is 1. The summed E-state index contributed by atoms with van der Waals surface area (Å²) in [6.45, 7) is 2.46. The van der Waals surface area contributed by atoms with E-state index in [0.717, 1.165) is 54.9 Å². The molecule has 0 unspecified atom stereocenters. The molecule has 0 saturated carbocycles. The number of aromatic nitrogens is 4. The number of imidazole rings is 1. The summed E-state index contributed by atoms with van der Waals surface area (Å²) in [6.07, 6.45) is 2.36. The number of nitrogens with one attached hydrogen (secondary N) is 2. The predicted octanol–water partition coefficient (Wildman–Crippen LogP) is 5.19. The van der Waals surface area contributed by atoms with Crippen LogP contribution in [0, 0.1) is 0 Å². The van der Waals surface area contributed by atoms with Crippen LogP contribution in [0.4, 0.5) is 4.79 Å². The first kappa shape index (κ1) is 27.4. The largest absolute Gasteiger partial charge is 0.410 e. The highest BCUT2D eigenvalue weighted by molar-refractivity contribution is 5.91. The summed E-state index contributed by atoms with van der Waals surface area (Å²) in [4.78, 5) is 49.5. The van der Waals surface area contributed by atoms with Gasteiger partial charge in [0, 0.05) is 49.1 Å². The third-order valence-corrected chi connectivity index (χ3v) is 8.30. The molecule has 10 heteroatoms. The SMILES string of the molecule is NC(=O)Oc1ccc2[nH]c(=O)n(C3CCN(Cc4ccc(-c5nc6cc[nH]c(=O)c6cc5-c5ccccc5)cc4)CC3)c2c1. The van der Waals surface area contributed by atoms with Crippen molar-refractivity contribution in [1.82, 2.24) is 24.4 Å². The number of hydrogen-bond acceptors (Lipinski definition) is 6. The number of nitrogens with two attached hydrogens (primary N) is 1. The molecule has 1 fully saturated rings. The van der Waals surface area contributed by atoms with Gasteiger partial charge in [-0.2, -0.15) is 0 Å². The normalized spacial score (nSPS) is 14.3. The maximum absolute atomic E-state index is 12.8. The molecule has 0 bridgehead atoms. The van der Waals surface area contributed by atoms with Crippen molar-refractivity contribution in [2.45, 2.75) is 25.4 Å². The number of fused-ring (bicyclic) bond motifs is 2. The summed E-state index contributed by atoms with van der Waals surface area (Å²) in [6, 6.07) is 27.2. The van der Waals surface area contributed by atoms with Gasteiger partial charge < -0.3 is 20.4 Å². The van der Waals surface area contributed by atoms with Gasteiger partial charge in [0.25, 0.3) is 5.56 Å². The minimum absolute atomic E-state index is 0.0290. The Morgan fingerprint density at radius 3 is 2.45 bits per heavy atom. The number of ether oxygens (including phenoxy) is 1. The molecule has 1 amide bonds. The van der Waals surface area contributed by atoms with Gasteiger partial charge >= 0.3 is 11.8 Å². The predicted molar refractivity (Wildman–Crippen MR) is 170 cm³/mol. The monoisotopic (exact) mass is 586 g/mol. The van der Waals surface area contributed by atoms with Crippen LogP contribution in [0.3, 0.4) is 0 Å². The average Bonchev–Trinajstić information content (AvgIpc) is 3.36. The van der Waals surface area contributed by atoms with Crippen LogP contribution in [0.5, 0.6) is 5.75 Å². The van der Waals surface area contributed by atoms with Gasteiger partial charge in [0.15, 0.2) is 0 Å². The second kappa shape index (κ2) is 11.3. The van der Waals surface area contributed by atoms with Crippen LogP contribution in [0.15, 0.2) is 101 Å². The highest BCUT2D eigenvalue weighted by Crippen LogP contribution is 2.33. The summed E-state index contributed by atoms with van der Waals surface area (Å²) in [5, 5.41) is 0.560. The van der Waals surface area contributed by atoms with Crippen molar-refractivity contribution in [1.29, 1.82) is 0 Å². The zero-order valence-corrected chi connectivity index (χ0v) is 23.8. The lowest BCUT2D eigenvalue weighted by atomic mass is 9.97. The number of aromatic amines is 2. The Labute approximate surface area is 251 Å². The molecule has 10 nitrogen and oxygen atoms in total. The number of benzene rings is 3. The molecule has 1 aliphatic heterocycles. The van der Waals surface area contributed by atoms with E-state index in [2.05, 4.69) is 39.1 Å². The minimum Gasteiger partial charge on any atom is -0.410 e. The second-order valence-corrected chi connectivity index (χ2v) is 11.1. The van der Waals surface area contributed by atoms with Gasteiger partial charge in [-0.05, 0) is 48.2 Å². The quantitative estimate of drug-likeness (QED) is 0.245. The number of pyridine rings is 2. The van der Waals surface area contributed by atoms with Gasteiger partial charge in [-0.1, -0.05) is 54.6 Å². The molecule has 4 N–H and O–H groups in total. The number of primary amides is 1. The summed E-state index contributed by atoms with van der Waals surface area (Å²) in [5.74, 6) is 0.307. The molecule has 3 aromatic heterocycles. The first-order valence-corrected chi connectivity index (χ1v) is 14.5. The zero-order valence-electron chi connectivity index (χ0n) is 23.8. The van der Waals surface area contributed by atoms with Crippen molar-refractivity contribution >= 4 is 28.0 Å². The fraction of sp³-hybridized carbons (Fsp3) is 0.176. The van der Waals surface area contributed by atoms with Crippen molar-refractivity contribution in [3.05, 3.63) is 118 Å². The van der Waals surface area contributed by atoms with Crippen LogP contribution in [-0.2, 0) is 6.54 Å².